The summed E-state index contributed by atoms with van der Waals surface area (Å²) in [6, 6.07) is 8.47. The fourth-order valence-electron chi connectivity index (χ4n) is 2.18. The summed E-state index contributed by atoms with van der Waals surface area (Å²) in [6.07, 6.45) is 8.11. The molecule has 102 valence electrons. The Hall–Kier alpha value is -0.940. The molecule has 0 amide bonds. The van der Waals surface area contributed by atoms with E-state index in [1.807, 2.05) is 24.3 Å². The third-order valence-corrected chi connectivity index (χ3v) is 3.93. The molecule has 0 heterocycles. The molecule has 1 saturated carbocycles. The number of nitrogens with zero attached hydrogens (tertiary/aromatic N) is 1. The van der Waals surface area contributed by atoms with Crippen LogP contribution in [0.25, 0.3) is 0 Å². The van der Waals surface area contributed by atoms with E-state index in [1.54, 1.807) is 6.21 Å². The Morgan fingerprint density at radius 3 is 2.58 bits per heavy atom. The van der Waals surface area contributed by atoms with E-state index < -0.39 is 0 Å². The minimum Gasteiger partial charge on any atom is -0.359 e. The largest absolute Gasteiger partial charge is 0.359 e. The quantitative estimate of drug-likeness (QED) is 0.502. The third kappa shape index (κ3) is 5.28. The normalized spacial score (nSPS) is 16.5. The average Bonchev–Trinajstić information content (AvgIpc) is 2.42. The molecule has 0 spiro atoms. The van der Waals surface area contributed by atoms with Gasteiger partial charge in [-0.25, -0.2) is 0 Å². The standard InChI is InChI=1S/C14H18BrN3S/c15-12-8-6-11(7-9-12)10-16-18-14(19)17-13-4-2-1-3-5-13/h6-10,13H,1-5H2,(H2,17,18,19)/b16-10-. The van der Waals surface area contributed by atoms with Crippen LogP contribution in [0.1, 0.15) is 37.7 Å². The smallest absolute Gasteiger partial charge is 0.187 e. The van der Waals surface area contributed by atoms with Crippen molar-refractivity contribution in [1.82, 2.24) is 10.7 Å². The molecule has 0 aromatic heterocycles. The van der Waals surface area contributed by atoms with Crippen LogP contribution in [0.15, 0.2) is 33.8 Å². The van der Waals surface area contributed by atoms with Gasteiger partial charge in [-0.1, -0.05) is 47.3 Å². The van der Waals surface area contributed by atoms with Crippen LogP contribution in [0.5, 0.6) is 0 Å². The van der Waals surface area contributed by atoms with Crippen molar-refractivity contribution < 1.29 is 0 Å². The molecule has 1 fully saturated rings. The van der Waals surface area contributed by atoms with Crippen LogP contribution < -0.4 is 10.7 Å². The van der Waals surface area contributed by atoms with Gasteiger partial charge < -0.3 is 5.32 Å². The second kappa shape index (κ2) is 7.60. The monoisotopic (exact) mass is 339 g/mol. The summed E-state index contributed by atoms with van der Waals surface area (Å²) >= 11 is 8.63. The topological polar surface area (TPSA) is 36.4 Å². The van der Waals surface area contributed by atoms with E-state index in [0.717, 1.165) is 10.0 Å². The summed E-state index contributed by atoms with van der Waals surface area (Å²) in [7, 11) is 0. The molecule has 0 aliphatic heterocycles. The van der Waals surface area contributed by atoms with E-state index in [2.05, 4.69) is 31.8 Å². The number of halogens is 1. The lowest BCUT2D eigenvalue weighted by Gasteiger charge is -2.23. The minimum atomic E-state index is 0.511. The lowest BCUT2D eigenvalue weighted by molar-refractivity contribution is 0.412. The lowest BCUT2D eigenvalue weighted by atomic mass is 9.96. The Balaban J connectivity index is 1.74. The first-order valence-corrected chi connectivity index (χ1v) is 7.79. The molecule has 0 bridgehead atoms. The molecule has 0 atom stereocenters. The van der Waals surface area contributed by atoms with Crippen molar-refractivity contribution in [3.63, 3.8) is 0 Å². The van der Waals surface area contributed by atoms with Gasteiger partial charge in [-0.05, 0) is 42.8 Å². The summed E-state index contributed by atoms with van der Waals surface area (Å²) in [5.74, 6) is 0. The molecule has 0 saturated heterocycles. The SMILES string of the molecule is S=C(N/N=C\c1ccc(Br)cc1)NC1CCCCC1. The Morgan fingerprint density at radius 2 is 1.89 bits per heavy atom. The van der Waals surface area contributed by atoms with Crippen LogP contribution in [-0.2, 0) is 0 Å². The van der Waals surface area contributed by atoms with E-state index in [-0.39, 0.29) is 0 Å². The van der Waals surface area contributed by atoms with Crippen molar-refractivity contribution in [2.45, 2.75) is 38.1 Å². The number of rotatable bonds is 3. The number of benzene rings is 1. The van der Waals surface area contributed by atoms with E-state index in [9.17, 15) is 0 Å². The first-order valence-electron chi connectivity index (χ1n) is 6.59. The number of hydrazone groups is 1. The zero-order valence-electron chi connectivity index (χ0n) is 10.7. The molecular weight excluding hydrogens is 322 g/mol. The Labute approximate surface area is 128 Å². The zero-order chi connectivity index (χ0) is 13.5. The predicted molar refractivity (Wildman–Crippen MR) is 87.5 cm³/mol. The van der Waals surface area contributed by atoms with Gasteiger partial charge in [0.15, 0.2) is 5.11 Å². The molecule has 1 aliphatic rings. The highest BCUT2D eigenvalue weighted by molar-refractivity contribution is 9.10. The Bertz CT molecular complexity index is 439. The molecule has 2 rings (SSSR count). The third-order valence-electron chi connectivity index (χ3n) is 3.19. The van der Waals surface area contributed by atoms with Crippen molar-refractivity contribution >= 4 is 39.5 Å². The van der Waals surface area contributed by atoms with E-state index in [0.29, 0.717) is 11.2 Å². The molecule has 0 unspecified atom stereocenters. The Kier molecular flexibility index (Phi) is 5.79. The van der Waals surface area contributed by atoms with Gasteiger partial charge in [0.05, 0.1) is 6.21 Å². The van der Waals surface area contributed by atoms with Gasteiger partial charge in [-0.15, -0.1) is 0 Å². The van der Waals surface area contributed by atoms with E-state index >= 15 is 0 Å². The van der Waals surface area contributed by atoms with E-state index in [1.165, 1.54) is 32.1 Å². The molecule has 1 aromatic rings. The van der Waals surface area contributed by atoms with Crippen molar-refractivity contribution in [3.05, 3.63) is 34.3 Å². The second-order valence-electron chi connectivity index (χ2n) is 4.73. The van der Waals surface area contributed by atoms with Crippen LogP contribution in [0.4, 0.5) is 0 Å². The average molecular weight is 340 g/mol. The zero-order valence-corrected chi connectivity index (χ0v) is 13.1. The van der Waals surface area contributed by atoms with Crippen LogP contribution in [0, 0.1) is 0 Å². The van der Waals surface area contributed by atoms with Crippen LogP contribution in [0.3, 0.4) is 0 Å². The van der Waals surface area contributed by atoms with Crippen LogP contribution >= 0.6 is 28.1 Å². The first kappa shape index (κ1) is 14.5. The van der Waals surface area contributed by atoms with E-state index in [4.69, 9.17) is 12.2 Å². The highest BCUT2D eigenvalue weighted by Crippen LogP contribution is 2.17. The van der Waals surface area contributed by atoms with Crippen molar-refractivity contribution in [2.24, 2.45) is 5.10 Å². The maximum absolute atomic E-state index is 5.23. The highest BCUT2D eigenvalue weighted by Gasteiger charge is 2.13. The van der Waals surface area contributed by atoms with Gasteiger partial charge in [-0.3, -0.25) is 5.43 Å². The summed E-state index contributed by atoms with van der Waals surface area (Å²) < 4.78 is 1.06. The molecule has 5 heteroatoms. The summed E-state index contributed by atoms with van der Waals surface area (Å²) in [4.78, 5) is 0. The summed E-state index contributed by atoms with van der Waals surface area (Å²) in [5.41, 5.74) is 3.91. The number of hydrogen-bond acceptors (Lipinski definition) is 2. The number of hydrogen-bond donors (Lipinski definition) is 2. The van der Waals surface area contributed by atoms with Gasteiger partial charge >= 0.3 is 0 Å². The lowest BCUT2D eigenvalue weighted by Crippen LogP contribution is -2.40. The molecule has 19 heavy (non-hydrogen) atoms. The molecule has 1 aliphatic carbocycles. The van der Waals surface area contributed by atoms with Gasteiger partial charge in [0.2, 0.25) is 0 Å². The van der Waals surface area contributed by atoms with Crippen molar-refractivity contribution in [2.75, 3.05) is 0 Å². The van der Waals surface area contributed by atoms with Gasteiger partial charge in [0.1, 0.15) is 0 Å². The second-order valence-corrected chi connectivity index (χ2v) is 6.05. The predicted octanol–water partition coefficient (Wildman–Crippen LogP) is 3.58. The fourth-order valence-corrected chi connectivity index (χ4v) is 2.66. The fraction of sp³-hybridized carbons (Fsp3) is 0.429. The summed E-state index contributed by atoms with van der Waals surface area (Å²) in [5, 5.41) is 8.07. The van der Waals surface area contributed by atoms with Crippen molar-refractivity contribution in [1.29, 1.82) is 0 Å². The Morgan fingerprint density at radius 1 is 1.21 bits per heavy atom. The molecule has 2 N–H and O–H groups in total. The molecule has 1 aromatic carbocycles. The maximum atomic E-state index is 5.23. The molecular formula is C14H18BrN3S. The summed E-state index contributed by atoms with van der Waals surface area (Å²) in [6.45, 7) is 0. The first-order chi connectivity index (χ1) is 9.24. The highest BCUT2D eigenvalue weighted by atomic mass is 79.9. The van der Waals surface area contributed by atoms with Crippen LogP contribution in [0.2, 0.25) is 0 Å². The minimum absolute atomic E-state index is 0.511. The number of thiocarbonyl (C=S) groups is 1. The molecule has 3 nitrogen and oxygen atoms in total. The maximum Gasteiger partial charge on any atom is 0.187 e. The van der Waals surface area contributed by atoms with Crippen molar-refractivity contribution in [3.8, 4) is 0 Å². The van der Waals surface area contributed by atoms with Crippen LogP contribution in [-0.4, -0.2) is 17.4 Å². The van der Waals surface area contributed by atoms with Gasteiger partial charge in [0, 0.05) is 10.5 Å². The van der Waals surface area contributed by atoms with Gasteiger partial charge in [0.25, 0.3) is 0 Å². The number of nitrogens with one attached hydrogen (secondary N) is 2. The van der Waals surface area contributed by atoms with Gasteiger partial charge in [-0.2, -0.15) is 5.10 Å². The molecule has 0 radical (unpaired) electrons.